The van der Waals surface area contributed by atoms with Crippen LogP contribution >= 0.6 is 0 Å². The van der Waals surface area contributed by atoms with Gasteiger partial charge in [0.25, 0.3) is 0 Å². The van der Waals surface area contributed by atoms with Crippen LogP contribution in [0.25, 0.3) is 28.1 Å². The maximum absolute atomic E-state index is 10.0. The molecule has 9 heteroatoms. The summed E-state index contributed by atoms with van der Waals surface area (Å²) in [5.41, 5.74) is 10.2. The number of imidazole rings is 1. The van der Waals surface area contributed by atoms with Crippen molar-refractivity contribution >= 4 is 11.0 Å². The molecule has 0 bridgehead atoms. The quantitative estimate of drug-likeness (QED) is 0.423. The van der Waals surface area contributed by atoms with Crippen LogP contribution in [0.3, 0.4) is 0 Å². The van der Waals surface area contributed by atoms with E-state index in [1.807, 2.05) is 59.3 Å². The minimum absolute atomic E-state index is 0.0597. The summed E-state index contributed by atoms with van der Waals surface area (Å²) < 4.78 is 21.1. The lowest BCUT2D eigenvalue weighted by atomic mass is 9.83. The molecule has 1 unspecified atom stereocenters. The Balaban J connectivity index is 1.54. The fourth-order valence-corrected chi connectivity index (χ4v) is 4.55. The third-order valence-electron chi connectivity index (χ3n) is 6.19. The van der Waals surface area contributed by atoms with Crippen LogP contribution in [-0.4, -0.2) is 26.4 Å². The Kier molecular flexibility index (Phi) is 4.60. The lowest BCUT2D eigenvalue weighted by Crippen LogP contribution is -2.21. The smallest absolute Gasteiger partial charge is 0.224 e. The molecule has 35 heavy (non-hydrogen) atoms. The van der Waals surface area contributed by atoms with Crippen molar-refractivity contribution in [3.05, 3.63) is 89.8 Å². The van der Waals surface area contributed by atoms with Crippen molar-refractivity contribution in [3.8, 4) is 34.8 Å². The van der Waals surface area contributed by atoms with Crippen LogP contribution in [0.2, 0.25) is 0 Å². The van der Waals surface area contributed by atoms with Crippen molar-refractivity contribution in [1.29, 1.82) is 5.26 Å². The number of ether oxygens (including phenoxy) is 2. The Labute approximate surface area is 200 Å². The number of aromatic nitrogens is 4. The molecule has 1 atom stereocenters. The Morgan fingerprint density at radius 3 is 2.71 bits per heavy atom. The lowest BCUT2D eigenvalue weighted by Gasteiger charge is -2.24. The minimum Gasteiger partial charge on any atom is -0.493 e. The van der Waals surface area contributed by atoms with Gasteiger partial charge in [-0.25, -0.2) is 9.67 Å². The third kappa shape index (κ3) is 3.15. The minimum atomic E-state index is -0.487. The molecular formula is C26H20N6O3. The first-order valence-electron chi connectivity index (χ1n) is 10.9. The maximum atomic E-state index is 10.0. The van der Waals surface area contributed by atoms with Gasteiger partial charge in [0.1, 0.15) is 17.3 Å². The molecule has 9 nitrogen and oxygen atoms in total. The second-order valence-electron chi connectivity index (χ2n) is 8.17. The number of methoxy groups -OCH3 is 1. The van der Waals surface area contributed by atoms with Crippen molar-refractivity contribution in [2.45, 2.75) is 5.92 Å². The highest BCUT2D eigenvalue weighted by molar-refractivity contribution is 5.87. The van der Waals surface area contributed by atoms with Gasteiger partial charge in [0.2, 0.25) is 11.8 Å². The number of nitrogens with zero attached hydrogens (tertiary/aromatic N) is 5. The van der Waals surface area contributed by atoms with Crippen LogP contribution in [0.15, 0.2) is 83.1 Å². The molecule has 0 spiro atoms. The molecule has 0 saturated carbocycles. The largest absolute Gasteiger partial charge is 0.493 e. The Morgan fingerprint density at radius 1 is 1.17 bits per heavy atom. The van der Waals surface area contributed by atoms with E-state index in [0.29, 0.717) is 39.8 Å². The predicted octanol–water partition coefficient (Wildman–Crippen LogP) is 4.25. The second kappa shape index (κ2) is 7.81. The molecule has 0 fully saturated rings. The molecule has 0 aliphatic carbocycles. The summed E-state index contributed by atoms with van der Waals surface area (Å²) in [5, 5.41) is 15.6. The van der Waals surface area contributed by atoms with Crippen LogP contribution in [-0.2, 0) is 7.05 Å². The van der Waals surface area contributed by atoms with Crippen LogP contribution in [0.4, 0.5) is 0 Å². The number of para-hydroxylation sites is 1. The number of nitriles is 1. The summed E-state index contributed by atoms with van der Waals surface area (Å²) in [6, 6.07) is 17.7. The molecule has 0 radical (unpaired) electrons. The monoisotopic (exact) mass is 464 g/mol. The number of allylic oxidation sites excluding steroid dienone is 1. The maximum Gasteiger partial charge on any atom is 0.224 e. The van der Waals surface area contributed by atoms with E-state index in [1.54, 1.807) is 31.4 Å². The molecule has 0 saturated heterocycles. The number of benzene rings is 2. The van der Waals surface area contributed by atoms with Gasteiger partial charge in [-0.15, -0.1) is 0 Å². The van der Waals surface area contributed by atoms with Gasteiger partial charge >= 0.3 is 0 Å². The Bertz CT molecular complexity index is 1640. The van der Waals surface area contributed by atoms with Crippen LogP contribution < -0.4 is 15.2 Å². The van der Waals surface area contributed by atoms with E-state index in [-0.39, 0.29) is 5.88 Å². The highest BCUT2D eigenvalue weighted by atomic mass is 16.5. The molecular weight excluding hydrogens is 444 g/mol. The molecule has 5 aromatic rings. The highest BCUT2D eigenvalue weighted by Crippen LogP contribution is 2.47. The third-order valence-corrected chi connectivity index (χ3v) is 6.19. The predicted molar refractivity (Wildman–Crippen MR) is 128 cm³/mol. The van der Waals surface area contributed by atoms with Gasteiger partial charge in [0.05, 0.1) is 24.9 Å². The van der Waals surface area contributed by atoms with Gasteiger partial charge in [-0.2, -0.15) is 10.4 Å². The summed E-state index contributed by atoms with van der Waals surface area (Å²) in [6.07, 6.45) is 5.32. The lowest BCUT2D eigenvalue weighted by molar-refractivity contribution is 0.358. The molecule has 4 heterocycles. The Hall–Kier alpha value is -4.97. The summed E-state index contributed by atoms with van der Waals surface area (Å²) in [7, 11) is 3.37. The van der Waals surface area contributed by atoms with E-state index in [4.69, 9.17) is 24.7 Å². The van der Waals surface area contributed by atoms with E-state index >= 15 is 0 Å². The van der Waals surface area contributed by atoms with Crippen molar-refractivity contribution in [2.24, 2.45) is 12.8 Å². The fraction of sp³-hybridized carbons (Fsp3) is 0.115. The van der Waals surface area contributed by atoms with Crippen LogP contribution in [0.5, 0.6) is 11.6 Å². The van der Waals surface area contributed by atoms with E-state index in [9.17, 15) is 5.26 Å². The van der Waals surface area contributed by atoms with Gasteiger partial charge in [-0.05, 0) is 29.8 Å². The van der Waals surface area contributed by atoms with E-state index in [1.165, 1.54) is 0 Å². The Morgan fingerprint density at radius 2 is 2.00 bits per heavy atom. The SMILES string of the molecule is COc1cccc2cc(-c3nn(C)c4c3C(c3ccc(-n5ccnc5)cc3)C(C#N)=C(N)O4)oc12. The number of rotatable bonds is 4. The summed E-state index contributed by atoms with van der Waals surface area (Å²) in [5.74, 6) is 1.21. The zero-order chi connectivity index (χ0) is 24.1. The number of hydrogen-bond donors (Lipinski definition) is 1. The zero-order valence-electron chi connectivity index (χ0n) is 19.0. The molecule has 2 aromatic carbocycles. The molecule has 6 rings (SSSR count). The zero-order valence-corrected chi connectivity index (χ0v) is 19.0. The first-order chi connectivity index (χ1) is 17.1. The molecule has 3 aromatic heterocycles. The normalized spacial score (nSPS) is 15.1. The van der Waals surface area contributed by atoms with Crippen molar-refractivity contribution in [2.75, 3.05) is 7.11 Å². The van der Waals surface area contributed by atoms with Gasteiger partial charge < -0.3 is 24.2 Å². The van der Waals surface area contributed by atoms with Gasteiger partial charge in [0.15, 0.2) is 17.1 Å². The van der Waals surface area contributed by atoms with Crippen molar-refractivity contribution < 1.29 is 13.9 Å². The molecule has 1 aliphatic rings. The topological polar surface area (TPSA) is 117 Å². The van der Waals surface area contributed by atoms with E-state index in [2.05, 4.69) is 11.1 Å². The molecule has 0 amide bonds. The van der Waals surface area contributed by atoms with Crippen molar-refractivity contribution in [3.63, 3.8) is 0 Å². The number of furan rings is 1. The average Bonchev–Trinajstić information content (AvgIpc) is 3.62. The standard InChI is InChI=1S/C26H20N6O3/c1-31-26-22(23(30-31)20-12-16-4-3-5-19(33-2)24(16)34-20)21(18(13-27)25(28)35-26)15-6-8-17(9-7-15)32-11-10-29-14-32/h3-12,14,21H,28H2,1-2H3. The number of hydrogen-bond acceptors (Lipinski definition) is 7. The van der Waals surface area contributed by atoms with Gasteiger partial charge in [0, 0.05) is 30.5 Å². The van der Waals surface area contributed by atoms with Crippen LogP contribution in [0.1, 0.15) is 17.0 Å². The molecule has 1 aliphatic heterocycles. The van der Waals surface area contributed by atoms with E-state index in [0.717, 1.165) is 16.6 Å². The summed E-state index contributed by atoms with van der Waals surface area (Å²) in [4.78, 5) is 4.10. The number of nitrogens with two attached hydrogens (primary N) is 1. The fourth-order valence-electron chi connectivity index (χ4n) is 4.55. The molecule has 172 valence electrons. The first kappa shape index (κ1) is 20.6. The van der Waals surface area contributed by atoms with E-state index < -0.39 is 5.92 Å². The van der Waals surface area contributed by atoms with Gasteiger partial charge in [-0.1, -0.05) is 24.3 Å². The summed E-state index contributed by atoms with van der Waals surface area (Å²) >= 11 is 0. The molecule has 2 N–H and O–H groups in total. The highest BCUT2D eigenvalue weighted by Gasteiger charge is 2.37. The second-order valence-corrected chi connectivity index (χ2v) is 8.17. The number of fused-ring (bicyclic) bond motifs is 2. The first-order valence-corrected chi connectivity index (χ1v) is 10.9. The van der Waals surface area contributed by atoms with Crippen LogP contribution in [0, 0.1) is 11.3 Å². The van der Waals surface area contributed by atoms with Crippen molar-refractivity contribution in [1.82, 2.24) is 19.3 Å². The van der Waals surface area contributed by atoms with Gasteiger partial charge in [-0.3, -0.25) is 0 Å². The number of aryl methyl sites for hydroxylation is 1. The summed E-state index contributed by atoms with van der Waals surface area (Å²) in [6.45, 7) is 0. The average molecular weight is 464 g/mol.